The van der Waals surface area contributed by atoms with Crippen LogP contribution in [0.4, 0.5) is 5.69 Å². The smallest absolute Gasteiger partial charge is 0.161 e. The van der Waals surface area contributed by atoms with Gasteiger partial charge in [0.05, 0.1) is 18.8 Å². The summed E-state index contributed by atoms with van der Waals surface area (Å²) in [7, 11) is 1.55. The summed E-state index contributed by atoms with van der Waals surface area (Å²) in [5.41, 5.74) is 4.15. The Labute approximate surface area is 161 Å². The monoisotopic (exact) mass is 364 g/mol. The molecular formula is C23H28N2O2. The number of phenolic OH excluding ortho intramolecular Hbond substituents is 1. The van der Waals surface area contributed by atoms with Crippen LogP contribution in [0.5, 0.6) is 11.5 Å². The van der Waals surface area contributed by atoms with Crippen molar-refractivity contribution in [2.75, 3.05) is 12.4 Å². The third-order valence-electron chi connectivity index (χ3n) is 4.37. The van der Waals surface area contributed by atoms with Gasteiger partial charge in [-0.25, -0.2) is 0 Å². The minimum absolute atomic E-state index is 0. The Balaban J connectivity index is 0.00000261. The Bertz CT molecular complexity index is 850. The van der Waals surface area contributed by atoms with Gasteiger partial charge in [-0.05, 0) is 35.7 Å². The third kappa shape index (κ3) is 5.00. The van der Waals surface area contributed by atoms with Crippen LogP contribution in [-0.2, 0) is 0 Å². The number of hydrogen-bond donors (Lipinski definition) is 2. The van der Waals surface area contributed by atoms with Gasteiger partial charge < -0.3 is 15.2 Å². The largest absolute Gasteiger partial charge is 0.504 e. The zero-order valence-electron chi connectivity index (χ0n) is 15.1. The van der Waals surface area contributed by atoms with Gasteiger partial charge >= 0.3 is 0 Å². The van der Waals surface area contributed by atoms with Gasteiger partial charge in [0.15, 0.2) is 11.5 Å². The first-order valence-corrected chi connectivity index (χ1v) is 8.85. The molecule has 0 radical (unpaired) electrons. The van der Waals surface area contributed by atoms with Crippen LogP contribution in [0.25, 0.3) is 11.1 Å². The second-order valence-corrected chi connectivity index (χ2v) is 6.25. The number of nitrogens with zero attached hydrogens (tertiary/aromatic N) is 1. The molecule has 0 fully saturated rings. The quantitative estimate of drug-likeness (QED) is 0.535. The number of nitrogens with one attached hydrogen (secondary N) is 1. The molecular weight excluding hydrogens is 336 g/mol. The number of hydrogen-bond acceptors (Lipinski definition) is 4. The maximum absolute atomic E-state index is 9.79. The Morgan fingerprint density at radius 1 is 1.04 bits per heavy atom. The van der Waals surface area contributed by atoms with E-state index >= 15 is 0 Å². The molecule has 1 unspecified atom stereocenters. The Kier molecular flexibility index (Phi) is 7.24. The zero-order chi connectivity index (χ0) is 18.4. The second-order valence-electron chi connectivity index (χ2n) is 6.25. The van der Waals surface area contributed by atoms with E-state index in [-0.39, 0.29) is 19.2 Å². The molecule has 3 aromatic rings. The number of aromatic hydroxyl groups is 1. The molecule has 0 aliphatic rings. The minimum atomic E-state index is 0. The molecule has 2 aromatic carbocycles. The summed E-state index contributed by atoms with van der Waals surface area (Å²) in [6.07, 6.45) is 5.79. The molecule has 0 aliphatic heterocycles. The lowest BCUT2D eigenvalue weighted by Crippen LogP contribution is -2.10. The summed E-state index contributed by atoms with van der Waals surface area (Å²) in [6, 6.07) is 18.1. The molecule has 142 valence electrons. The number of ether oxygens (including phenoxy) is 1. The van der Waals surface area contributed by atoms with Gasteiger partial charge in [-0.1, -0.05) is 57.2 Å². The van der Waals surface area contributed by atoms with E-state index in [1.54, 1.807) is 13.2 Å². The fourth-order valence-corrected chi connectivity index (χ4v) is 3.03. The topological polar surface area (TPSA) is 54.4 Å². The maximum Gasteiger partial charge on any atom is 0.161 e. The Morgan fingerprint density at radius 2 is 1.81 bits per heavy atom. The summed E-state index contributed by atoms with van der Waals surface area (Å²) >= 11 is 0. The molecule has 3 rings (SSSR count). The van der Waals surface area contributed by atoms with Gasteiger partial charge in [-0.2, -0.15) is 0 Å². The predicted octanol–water partition coefficient (Wildman–Crippen LogP) is 6.05. The normalized spacial score (nSPS) is 11.3. The highest BCUT2D eigenvalue weighted by atomic mass is 16.5. The van der Waals surface area contributed by atoms with Crippen molar-refractivity contribution in [1.29, 1.82) is 0 Å². The molecule has 4 nitrogen and oxygen atoms in total. The number of anilines is 1. The van der Waals surface area contributed by atoms with Crippen LogP contribution >= 0.6 is 0 Å². The fraction of sp³-hybridized carbons (Fsp3) is 0.261. The van der Waals surface area contributed by atoms with E-state index in [1.807, 2.05) is 30.6 Å². The Morgan fingerprint density at radius 3 is 2.52 bits per heavy atom. The lowest BCUT2D eigenvalue weighted by molar-refractivity contribution is 0.373. The average molecular weight is 364 g/mol. The minimum Gasteiger partial charge on any atom is -0.504 e. The number of aromatic nitrogens is 1. The van der Waals surface area contributed by atoms with Gasteiger partial charge in [-0.3, -0.25) is 4.98 Å². The van der Waals surface area contributed by atoms with E-state index < -0.39 is 0 Å². The SMILES string of the molecule is C.CCCC(Nc1cncc(-c2ccc(O)c(OC)c2)c1)c1ccccc1. The zero-order valence-corrected chi connectivity index (χ0v) is 15.1. The van der Waals surface area contributed by atoms with E-state index in [4.69, 9.17) is 4.74 Å². The first-order chi connectivity index (χ1) is 12.7. The van der Waals surface area contributed by atoms with E-state index in [0.717, 1.165) is 29.7 Å². The van der Waals surface area contributed by atoms with Crippen molar-refractivity contribution in [2.24, 2.45) is 0 Å². The molecule has 1 heterocycles. The maximum atomic E-state index is 9.79. The van der Waals surface area contributed by atoms with Crippen LogP contribution in [0.1, 0.15) is 38.8 Å². The van der Waals surface area contributed by atoms with Crippen molar-refractivity contribution in [3.63, 3.8) is 0 Å². The van der Waals surface area contributed by atoms with E-state index in [0.29, 0.717) is 5.75 Å². The van der Waals surface area contributed by atoms with Gasteiger partial charge in [0, 0.05) is 18.0 Å². The molecule has 1 aromatic heterocycles. The molecule has 2 N–H and O–H groups in total. The molecule has 0 spiro atoms. The summed E-state index contributed by atoms with van der Waals surface area (Å²) in [5, 5.41) is 13.4. The lowest BCUT2D eigenvalue weighted by atomic mass is 10.0. The number of benzene rings is 2. The van der Waals surface area contributed by atoms with Gasteiger partial charge in [0.2, 0.25) is 0 Å². The molecule has 0 bridgehead atoms. The van der Waals surface area contributed by atoms with Gasteiger partial charge in [0.1, 0.15) is 0 Å². The van der Waals surface area contributed by atoms with Crippen LogP contribution in [0, 0.1) is 0 Å². The van der Waals surface area contributed by atoms with Crippen LogP contribution in [0.3, 0.4) is 0 Å². The van der Waals surface area contributed by atoms with Gasteiger partial charge in [0.25, 0.3) is 0 Å². The summed E-state index contributed by atoms with van der Waals surface area (Å²) in [4.78, 5) is 4.38. The van der Waals surface area contributed by atoms with Crippen LogP contribution in [0.15, 0.2) is 67.0 Å². The summed E-state index contributed by atoms with van der Waals surface area (Å²) in [6.45, 7) is 2.19. The molecule has 4 heteroatoms. The average Bonchev–Trinajstić information content (AvgIpc) is 2.69. The molecule has 1 atom stereocenters. The van der Waals surface area contributed by atoms with Crippen molar-refractivity contribution < 1.29 is 9.84 Å². The lowest BCUT2D eigenvalue weighted by Gasteiger charge is -2.20. The highest BCUT2D eigenvalue weighted by molar-refractivity contribution is 5.69. The highest BCUT2D eigenvalue weighted by Gasteiger charge is 2.11. The van der Waals surface area contributed by atoms with Crippen molar-refractivity contribution in [3.05, 3.63) is 72.6 Å². The summed E-state index contributed by atoms with van der Waals surface area (Å²) < 4.78 is 5.21. The summed E-state index contributed by atoms with van der Waals surface area (Å²) in [5.74, 6) is 0.583. The van der Waals surface area contributed by atoms with Crippen LogP contribution in [0.2, 0.25) is 0 Å². The van der Waals surface area contributed by atoms with E-state index in [2.05, 4.69) is 47.6 Å². The van der Waals surface area contributed by atoms with Crippen LogP contribution < -0.4 is 10.1 Å². The Hall–Kier alpha value is -3.01. The van der Waals surface area contributed by atoms with Crippen molar-refractivity contribution in [2.45, 2.75) is 33.2 Å². The molecule has 0 saturated carbocycles. The van der Waals surface area contributed by atoms with Gasteiger partial charge in [-0.15, -0.1) is 0 Å². The molecule has 0 aliphatic carbocycles. The van der Waals surface area contributed by atoms with Crippen LogP contribution in [-0.4, -0.2) is 17.2 Å². The standard InChI is InChI=1S/C22H24N2O2.CH4/c1-3-7-20(16-8-5-4-6-9-16)24-19-12-18(14-23-15-19)17-10-11-21(25)22(13-17)26-2;/h4-6,8-15,20,24-25H,3,7H2,1-2H3;1H4. The molecule has 27 heavy (non-hydrogen) atoms. The van der Waals surface area contributed by atoms with Crippen molar-refractivity contribution in [3.8, 4) is 22.6 Å². The van der Waals surface area contributed by atoms with E-state index in [9.17, 15) is 5.11 Å². The van der Waals surface area contributed by atoms with Crippen molar-refractivity contribution in [1.82, 2.24) is 4.98 Å². The van der Waals surface area contributed by atoms with Crippen molar-refractivity contribution >= 4 is 5.69 Å². The van der Waals surface area contributed by atoms with E-state index in [1.165, 1.54) is 5.56 Å². The second kappa shape index (κ2) is 9.62. The third-order valence-corrected chi connectivity index (χ3v) is 4.37. The number of methoxy groups -OCH3 is 1. The number of phenols is 1. The predicted molar refractivity (Wildman–Crippen MR) is 112 cm³/mol. The molecule has 0 amide bonds. The highest BCUT2D eigenvalue weighted by Crippen LogP contribution is 2.32. The first-order valence-electron chi connectivity index (χ1n) is 8.85. The number of pyridine rings is 1. The molecule has 0 saturated heterocycles. The number of rotatable bonds is 7. The fourth-order valence-electron chi connectivity index (χ4n) is 3.03. The first kappa shape index (κ1) is 20.3.